The third-order valence-electron chi connectivity index (χ3n) is 4.23. The van der Waals surface area contributed by atoms with E-state index in [4.69, 9.17) is 10.2 Å². The molecule has 6 nitrogen and oxygen atoms in total. The van der Waals surface area contributed by atoms with Crippen molar-refractivity contribution in [3.63, 3.8) is 0 Å². The number of nitrogens with one attached hydrogen (secondary N) is 2. The number of hydrogen-bond donors (Lipinski definition) is 4. The number of hydrogen-bond acceptors (Lipinski definition) is 4. The van der Waals surface area contributed by atoms with Gasteiger partial charge in [0.05, 0.1) is 12.1 Å². The van der Waals surface area contributed by atoms with Gasteiger partial charge in [-0.25, -0.2) is 8.78 Å². The molecule has 0 aromatic carbocycles. The van der Waals surface area contributed by atoms with Crippen LogP contribution in [-0.2, 0) is 9.59 Å². The van der Waals surface area contributed by atoms with E-state index in [1.807, 2.05) is 0 Å². The van der Waals surface area contributed by atoms with Crippen LogP contribution in [0.25, 0.3) is 0 Å². The second kappa shape index (κ2) is 13.4. The van der Waals surface area contributed by atoms with E-state index in [0.29, 0.717) is 44.9 Å². The first-order valence-corrected chi connectivity index (χ1v) is 9.54. The van der Waals surface area contributed by atoms with Gasteiger partial charge in [0, 0.05) is 13.2 Å². The Bertz CT molecular complexity index is 492. The molecule has 0 radical (unpaired) electrons. The summed E-state index contributed by atoms with van der Waals surface area (Å²) in [5.74, 6) is -3.41. The molecular weight excluding hydrogens is 358 g/mol. The highest BCUT2D eigenvalue weighted by Gasteiger charge is 2.40. The summed E-state index contributed by atoms with van der Waals surface area (Å²) in [7, 11) is 0. The van der Waals surface area contributed by atoms with Crippen molar-refractivity contribution in [2.24, 2.45) is 0 Å². The highest BCUT2D eigenvalue weighted by Crippen LogP contribution is 2.22. The number of allylic oxidation sites excluding steroid dienone is 2. The van der Waals surface area contributed by atoms with Gasteiger partial charge in [-0.3, -0.25) is 9.59 Å². The van der Waals surface area contributed by atoms with Crippen molar-refractivity contribution in [1.82, 2.24) is 10.6 Å². The molecule has 2 amide bonds. The molecule has 4 N–H and O–H groups in total. The SMILES string of the molecule is O=C(NC1CC1NC(=O)C(F)=CCCCCCO)C(F)=CCCCCCO. The molecule has 0 saturated heterocycles. The first-order chi connectivity index (χ1) is 13.0. The van der Waals surface area contributed by atoms with E-state index in [9.17, 15) is 18.4 Å². The summed E-state index contributed by atoms with van der Waals surface area (Å²) < 4.78 is 27.3. The van der Waals surface area contributed by atoms with Gasteiger partial charge in [-0.2, -0.15) is 0 Å². The first-order valence-electron chi connectivity index (χ1n) is 9.54. The summed E-state index contributed by atoms with van der Waals surface area (Å²) in [6.07, 6.45) is 7.89. The van der Waals surface area contributed by atoms with Crippen molar-refractivity contribution >= 4 is 11.8 Å². The number of unbranched alkanes of at least 4 members (excludes halogenated alkanes) is 6. The van der Waals surface area contributed by atoms with Crippen LogP contribution in [0, 0.1) is 0 Å². The molecule has 1 aliphatic rings. The Hall–Kier alpha value is -1.80. The molecule has 0 aromatic heterocycles. The predicted octanol–water partition coefficient (Wildman–Crippen LogP) is 2.17. The van der Waals surface area contributed by atoms with E-state index in [1.165, 1.54) is 12.2 Å². The summed E-state index contributed by atoms with van der Waals surface area (Å²) in [6, 6.07) is -0.792. The number of amides is 2. The Morgan fingerprint density at radius 3 is 1.56 bits per heavy atom. The number of aliphatic hydroxyl groups is 2. The number of carbonyl (C=O) groups excluding carboxylic acids is 2. The molecule has 2 unspecified atom stereocenters. The van der Waals surface area contributed by atoms with E-state index in [1.54, 1.807) is 0 Å². The topological polar surface area (TPSA) is 98.7 Å². The Morgan fingerprint density at radius 1 is 0.778 bits per heavy atom. The lowest BCUT2D eigenvalue weighted by atomic mass is 10.2. The second-order valence-electron chi connectivity index (χ2n) is 6.65. The van der Waals surface area contributed by atoms with Gasteiger partial charge in [0.25, 0.3) is 11.8 Å². The van der Waals surface area contributed by atoms with Gasteiger partial charge in [0.15, 0.2) is 11.7 Å². The van der Waals surface area contributed by atoms with E-state index < -0.39 is 35.6 Å². The van der Waals surface area contributed by atoms with E-state index in [-0.39, 0.29) is 13.2 Å². The fourth-order valence-electron chi connectivity index (χ4n) is 2.50. The maximum absolute atomic E-state index is 13.7. The van der Waals surface area contributed by atoms with Crippen molar-refractivity contribution in [3.05, 3.63) is 23.8 Å². The van der Waals surface area contributed by atoms with Crippen molar-refractivity contribution in [2.75, 3.05) is 13.2 Å². The number of rotatable bonds is 14. The molecule has 0 spiro atoms. The van der Waals surface area contributed by atoms with Crippen molar-refractivity contribution in [2.45, 2.75) is 69.9 Å². The fraction of sp³-hybridized carbons (Fsp3) is 0.684. The summed E-state index contributed by atoms with van der Waals surface area (Å²) in [5, 5.41) is 22.2. The number of halogens is 2. The van der Waals surface area contributed by atoms with E-state index >= 15 is 0 Å². The van der Waals surface area contributed by atoms with Gasteiger partial charge in [-0.05, 0) is 57.1 Å². The molecular formula is C19H30F2N2O4. The Balaban J connectivity index is 2.24. The zero-order valence-corrected chi connectivity index (χ0v) is 15.6. The van der Waals surface area contributed by atoms with Crippen molar-refractivity contribution in [1.29, 1.82) is 0 Å². The molecule has 1 saturated carbocycles. The number of carbonyl (C=O) groups is 2. The fourth-order valence-corrected chi connectivity index (χ4v) is 2.50. The highest BCUT2D eigenvalue weighted by molar-refractivity contribution is 5.93. The zero-order chi connectivity index (χ0) is 20.1. The first kappa shape index (κ1) is 23.2. The molecule has 0 heterocycles. The van der Waals surface area contributed by atoms with Crippen LogP contribution >= 0.6 is 0 Å². The maximum atomic E-state index is 13.7. The largest absolute Gasteiger partial charge is 0.396 e. The monoisotopic (exact) mass is 388 g/mol. The second-order valence-corrected chi connectivity index (χ2v) is 6.65. The molecule has 8 heteroatoms. The van der Waals surface area contributed by atoms with Gasteiger partial charge < -0.3 is 20.8 Å². The average Bonchev–Trinajstić information content (AvgIpc) is 3.37. The predicted molar refractivity (Wildman–Crippen MR) is 98.0 cm³/mol. The average molecular weight is 388 g/mol. The lowest BCUT2D eigenvalue weighted by molar-refractivity contribution is -0.120. The molecule has 1 rings (SSSR count). The van der Waals surface area contributed by atoms with Gasteiger partial charge in [-0.15, -0.1) is 0 Å². The van der Waals surface area contributed by atoms with Crippen LogP contribution in [0.2, 0.25) is 0 Å². The molecule has 0 bridgehead atoms. The minimum Gasteiger partial charge on any atom is -0.396 e. The smallest absolute Gasteiger partial charge is 0.279 e. The Kier molecular flexibility index (Phi) is 11.5. The molecule has 0 aliphatic heterocycles. The third kappa shape index (κ3) is 10.2. The Morgan fingerprint density at radius 2 is 1.19 bits per heavy atom. The third-order valence-corrected chi connectivity index (χ3v) is 4.23. The summed E-state index contributed by atoms with van der Waals surface area (Å²) in [6.45, 7) is 0.196. The highest BCUT2D eigenvalue weighted by atomic mass is 19.1. The van der Waals surface area contributed by atoms with Crippen LogP contribution in [0.5, 0.6) is 0 Å². The molecule has 2 atom stereocenters. The van der Waals surface area contributed by atoms with Crippen molar-refractivity contribution < 1.29 is 28.6 Å². The molecule has 154 valence electrons. The molecule has 27 heavy (non-hydrogen) atoms. The van der Waals surface area contributed by atoms with E-state index in [0.717, 1.165) is 12.8 Å². The minimum absolute atomic E-state index is 0.0982. The van der Waals surface area contributed by atoms with Gasteiger partial charge >= 0.3 is 0 Å². The van der Waals surface area contributed by atoms with Crippen LogP contribution in [0.4, 0.5) is 8.78 Å². The van der Waals surface area contributed by atoms with Crippen LogP contribution < -0.4 is 10.6 Å². The van der Waals surface area contributed by atoms with Crippen molar-refractivity contribution in [3.8, 4) is 0 Å². The quantitative estimate of drug-likeness (QED) is 0.271. The van der Waals surface area contributed by atoms with Crippen LogP contribution in [0.15, 0.2) is 23.8 Å². The lowest BCUT2D eigenvalue weighted by Gasteiger charge is -2.05. The van der Waals surface area contributed by atoms with Gasteiger partial charge in [-0.1, -0.05) is 12.8 Å². The zero-order valence-electron chi connectivity index (χ0n) is 15.6. The molecule has 1 aliphatic carbocycles. The maximum Gasteiger partial charge on any atom is 0.279 e. The Labute approximate surface area is 158 Å². The normalized spacial score (nSPS) is 19.7. The van der Waals surface area contributed by atoms with Gasteiger partial charge in [0.1, 0.15) is 0 Å². The van der Waals surface area contributed by atoms with Crippen LogP contribution in [0.1, 0.15) is 57.8 Å². The van der Waals surface area contributed by atoms with E-state index in [2.05, 4.69) is 10.6 Å². The van der Waals surface area contributed by atoms with Crippen LogP contribution in [-0.4, -0.2) is 47.3 Å². The number of aliphatic hydroxyl groups excluding tert-OH is 2. The summed E-state index contributed by atoms with van der Waals surface area (Å²) in [4.78, 5) is 23.4. The summed E-state index contributed by atoms with van der Waals surface area (Å²) in [5.41, 5.74) is 0. The standard InChI is InChI=1S/C19H30F2N2O4/c20-14(9-5-1-3-7-11-24)18(26)22-16-13-17(16)23-19(27)15(21)10-6-2-4-8-12-25/h9-10,16-17,24-25H,1-8,11-13H2,(H,22,26)(H,23,27). The minimum atomic E-state index is -0.870. The molecule has 1 fully saturated rings. The van der Waals surface area contributed by atoms with Gasteiger partial charge in [0.2, 0.25) is 0 Å². The lowest BCUT2D eigenvalue weighted by Crippen LogP contribution is -2.35. The summed E-state index contributed by atoms with van der Waals surface area (Å²) >= 11 is 0. The molecule has 0 aromatic rings. The van der Waals surface area contributed by atoms with Crippen LogP contribution in [0.3, 0.4) is 0 Å².